The molecule has 1 atom stereocenters. The third kappa shape index (κ3) is 6.28. The quantitative estimate of drug-likeness (QED) is 0.598. The molecule has 1 aliphatic rings. The van der Waals surface area contributed by atoms with Gasteiger partial charge in [-0.2, -0.15) is 0 Å². The van der Waals surface area contributed by atoms with E-state index in [1.54, 1.807) is 0 Å². The fraction of sp³-hybridized carbons (Fsp3) is 0.588. The molecular formula is C17H26N2O2S. The molecule has 1 saturated heterocycles. The van der Waals surface area contributed by atoms with Gasteiger partial charge < -0.3 is 15.4 Å². The van der Waals surface area contributed by atoms with Crippen LogP contribution in [0.5, 0.6) is 0 Å². The van der Waals surface area contributed by atoms with E-state index in [9.17, 15) is 4.79 Å². The van der Waals surface area contributed by atoms with Crippen molar-refractivity contribution < 1.29 is 9.53 Å². The summed E-state index contributed by atoms with van der Waals surface area (Å²) >= 11 is 1.82. The molecule has 0 bridgehead atoms. The molecule has 0 saturated carbocycles. The Morgan fingerprint density at radius 1 is 1.32 bits per heavy atom. The fourth-order valence-electron chi connectivity index (χ4n) is 2.57. The van der Waals surface area contributed by atoms with Crippen molar-refractivity contribution >= 4 is 17.8 Å². The molecule has 1 fully saturated rings. The highest BCUT2D eigenvalue weighted by Gasteiger charge is 2.21. The van der Waals surface area contributed by atoms with Crippen molar-refractivity contribution in [1.82, 2.24) is 10.6 Å². The number of hydrogen-bond donors (Lipinski definition) is 2. The van der Waals surface area contributed by atoms with Crippen LogP contribution >= 0.6 is 11.8 Å². The van der Waals surface area contributed by atoms with Gasteiger partial charge in [0.05, 0.1) is 0 Å². The molecule has 2 N–H and O–H groups in total. The minimum absolute atomic E-state index is 0.0521. The number of carbonyl (C=O) groups excluding carboxylic acids is 1. The topological polar surface area (TPSA) is 50.4 Å². The Morgan fingerprint density at radius 2 is 2.05 bits per heavy atom. The molecule has 1 aromatic carbocycles. The van der Waals surface area contributed by atoms with Crippen LogP contribution in [0.3, 0.4) is 0 Å². The zero-order valence-corrected chi connectivity index (χ0v) is 14.0. The third-order valence-electron chi connectivity index (χ3n) is 3.95. The lowest BCUT2D eigenvalue weighted by Gasteiger charge is -2.28. The Bertz CT molecular complexity index is 436. The maximum Gasteiger partial charge on any atom is 0.315 e. The highest BCUT2D eigenvalue weighted by molar-refractivity contribution is 7.99. The van der Waals surface area contributed by atoms with Gasteiger partial charge in [-0.1, -0.05) is 18.2 Å². The van der Waals surface area contributed by atoms with E-state index in [4.69, 9.17) is 4.74 Å². The monoisotopic (exact) mass is 322 g/mol. The van der Waals surface area contributed by atoms with Crippen molar-refractivity contribution in [1.29, 1.82) is 0 Å². The van der Waals surface area contributed by atoms with E-state index in [2.05, 4.69) is 29.7 Å². The number of carbonyl (C=O) groups is 1. The number of thioether (sulfide) groups is 1. The van der Waals surface area contributed by atoms with E-state index < -0.39 is 0 Å². The van der Waals surface area contributed by atoms with Crippen molar-refractivity contribution in [3.63, 3.8) is 0 Å². The average molecular weight is 322 g/mol. The van der Waals surface area contributed by atoms with Crippen LogP contribution in [0.4, 0.5) is 4.79 Å². The highest BCUT2D eigenvalue weighted by Crippen LogP contribution is 2.18. The van der Waals surface area contributed by atoms with Crippen molar-refractivity contribution in [3.05, 3.63) is 30.3 Å². The summed E-state index contributed by atoms with van der Waals surface area (Å²) in [7, 11) is 0. The number of urea groups is 1. The first kappa shape index (κ1) is 17.2. The number of ether oxygens (including phenoxy) is 1. The average Bonchev–Trinajstić information content (AvgIpc) is 2.56. The van der Waals surface area contributed by atoms with Gasteiger partial charge in [0, 0.05) is 30.7 Å². The molecule has 1 aliphatic heterocycles. The Balaban J connectivity index is 1.53. The molecule has 0 aliphatic carbocycles. The van der Waals surface area contributed by atoms with E-state index in [0.29, 0.717) is 12.5 Å². The van der Waals surface area contributed by atoms with Crippen LogP contribution in [0, 0.1) is 5.92 Å². The molecule has 0 unspecified atom stereocenters. The largest absolute Gasteiger partial charge is 0.381 e. The second kappa shape index (κ2) is 9.74. The fourth-order valence-corrected chi connectivity index (χ4v) is 3.45. The first-order valence-corrected chi connectivity index (χ1v) is 9.04. The molecule has 2 rings (SSSR count). The molecule has 0 radical (unpaired) electrons. The Hall–Kier alpha value is -1.20. The van der Waals surface area contributed by atoms with Gasteiger partial charge in [0.1, 0.15) is 0 Å². The second-order valence-electron chi connectivity index (χ2n) is 5.65. The maximum atomic E-state index is 11.9. The lowest BCUT2D eigenvalue weighted by atomic mass is 9.93. The summed E-state index contributed by atoms with van der Waals surface area (Å²) in [5, 5.41) is 5.99. The zero-order valence-electron chi connectivity index (χ0n) is 13.2. The van der Waals surface area contributed by atoms with E-state index in [0.717, 1.165) is 38.2 Å². The van der Waals surface area contributed by atoms with Crippen LogP contribution in [0.1, 0.15) is 26.2 Å². The Morgan fingerprint density at radius 3 is 2.77 bits per heavy atom. The molecular weight excluding hydrogens is 296 g/mol. The number of hydrogen-bond acceptors (Lipinski definition) is 3. The summed E-state index contributed by atoms with van der Waals surface area (Å²) in [6.07, 6.45) is 3.04. The first-order chi connectivity index (χ1) is 10.8. The van der Waals surface area contributed by atoms with Gasteiger partial charge in [0.15, 0.2) is 0 Å². The SMILES string of the molecule is C[C@@H](NC(=O)NCCCSc1ccccc1)C1CCOCC1. The summed E-state index contributed by atoms with van der Waals surface area (Å²) < 4.78 is 5.35. The van der Waals surface area contributed by atoms with Gasteiger partial charge in [0.2, 0.25) is 0 Å². The summed E-state index contributed by atoms with van der Waals surface area (Å²) in [5.41, 5.74) is 0. The molecule has 0 aromatic heterocycles. The van der Waals surface area contributed by atoms with Gasteiger partial charge >= 0.3 is 6.03 Å². The van der Waals surface area contributed by atoms with Crippen LogP contribution in [0.2, 0.25) is 0 Å². The minimum Gasteiger partial charge on any atom is -0.381 e. The van der Waals surface area contributed by atoms with Crippen molar-refractivity contribution in [2.75, 3.05) is 25.5 Å². The molecule has 1 aromatic rings. The Labute approximate surface area is 137 Å². The summed E-state index contributed by atoms with van der Waals surface area (Å²) in [6.45, 7) is 4.43. The molecule has 22 heavy (non-hydrogen) atoms. The number of benzene rings is 1. The molecule has 122 valence electrons. The van der Waals surface area contributed by atoms with Crippen molar-refractivity contribution in [2.45, 2.75) is 37.1 Å². The lowest BCUT2D eigenvalue weighted by molar-refractivity contribution is 0.0571. The minimum atomic E-state index is -0.0521. The van der Waals surface area contributed by atoms with E-state index in [1.165, 1.54) is 4.90 Å². The zero-order chi connectivity index (χ0) is 15.6. The predicted molar refractivity (Wildman–Crippen MR) is 91.3 cm³/mol. The highest BCUT2D eigenvalue weighted by atomic mass is 32.2. The lowest BCUT2D eigenvalue weighted by Crippen LogP contribution is -2.45. The van der Waals surface area contributed by atoms with Crippen LogP contribution < -0.4 is 10.6 Å². The van der Waals surface area contributed by atoms with Crippen molar-refractivity contribution in [2.24, 2.45) is 5.92 Å². The Kier molecular flexibility index (Phi) is 7.60. The molecule has 5 heteroatoms. The van der Waals surface area contributed by atoms with Crippen LogP contribution in [0.25, 0.3) is 0 Å². The molecule has 4 nitrogen and oxygen atoms in total. The summed E-state index contributed by atoms with van der Waals surface area (Å²) in [6, 6.07) is 10.5. The normalized spacial score (nSPS) is 17.0. The standard InChI is InChI=1S/C17H26N2O2S/c1-14(15-8-11-21-12-9-15)19-17(20)18-10-5-13-22-16-6-3-2-4-7-16/h2-4,6-7,14-15H,5,8-13H2,1H3,(H2,18,19,20)/t14-/m1/s1. The van der Waals surface area contributed by atoms with Gasteiger partial charge in [0.25, 0.3) is 0 Å². The molecule has 1 heterocycles. The third-order valence-corrected chi connectivity index (χ3v) is 5.05. The maximum absolute atomic E-state index is 11.9. The van der Waals surface area contributed by atoms with Crippen LogP contribution in [0.15, 0.2) is 35.2 Å². The predicted octanol–water partition coefficient (Wildman–Crippen LogP) is 3.28. The number of rotatable bonds is 7. The van der Waals surface area contributed by atoms with Crippen molar-refractivity contribution in [3.8, 4) is 0 Å². The van der Waals surface area contributed by atoms with Crippen LogP contribution in [-0.2, 0) is 4.74 Å². The first-order valence-electron chi connectivity index (χ1n) is 8.05. The number of nitrogens with one attached hydrogen (secondary N) is 2. The van der Waals surface area contributed by atoms with Gasteiger partial charge in [-0.05, 0) is 50.0 Å². The number of amides is 2. The second-order valence-corrected chi connectivity index (χ2v) is 6.82. The van der Waals surface area contributed by atoms with E-state index in [-0.39, 0.29) is 12.1 Å². The summed E-state index contributed by atoms with van der Waals surface area (Å²) in [5.74, 6) is 1.55. The van der Waals surface area contributed by atoms with E-state index >= 15 is 0 Å². The summed E-state index contributed by atoms with van der Waals surface area (Å²) in [4.78, 5) is 13.1. The van der Waals surface area contributed by atoms with Gasteiger partial charge in [-0.3, -0.25) is 0 Å². The van der Waals surface area contributed by atoms with E-state index in [1.807, 2.05) is 30.0 Å². The molecule has 2 amide bonds. The van der Waals surface area contributed by atoms with Gasteiger partial charge in [-0.25, -0.2) is 4.79 Å². The molecule has 0 spiro atoms. The van der Waals surface area contributed by atoms with Gasteiger partial charge in [-0.15, -0.1) is 11.8 Å². The smallest absolute Gasteiger partial charge is 0.315 e. The van der Waals surface area contributed by atoms with Crippen LogP contribution in [-0.4, -0.2) is 37.6 Å².